The fraction of sp³-hybridized carbons (Fsp3) is 0.261. The van der Waals surface area contributed by atoms with E-state index in [1.165, 1.54) is 12.1 Å². The molecule has 2 aromatic carbocycles. The van der Waals surface area contributed by atoms with Crippen molar-refractivity contribution in [3.8, 4) is 11.3 Å². The molecular weight excluding hydrogens is 422 g/mol. The van der Waals surface area contributed by atoms with Crippen LogP contribution in [0.25, 0.3) is 11.3 Å². The van der Waals surface area contributed by atoms with Gasteiger partial charge >= 0.3 is 0 Å². The van der Waals surface area contributed by atoms with Crippen LogP contribution in [0.2, 0.25) is 5.02 Å². The number of aliphatic imine (C=N–C) groups is 1. The maximum absolute atomic E-state index is 13.5. The van der Waals surface area contributed by atoms with Crippen molar-refractivity contribution in [2.45, 2.75) is 38.1 Å². The van der Waals surface area contributed by atoms with Gasteiger partial charge in [0.1, 0.15) is 17.5 Å². The van der Waals surface area contributed by atoms with Gasteiger partial charge in [-0.05, 0) is 55.3 Å². The van der Waals surface area contributed by atoms with Crippen molar-refractivity contribution >= 4 is 23.3 Å². The summed E-state index contributed by atoms with van der Waals surface area (Å²) >= 11 is 5.90. The number of nitrogens with zero attached hydrogens (tertiary/aromatic N) is 2. The van der Waals surface area contributed by atoms with E-state index in [-0.39, 0.29) is 11.9 Å². The van der Waals surface area contributed by atoms with Gasteiger partial charge in [-0.15, -0.1) is 0 Å². The van der Waals surface area contributed by atoms with E-state index in [9.17, 15) is 13.6 Å². The molecule has 0 aliphatic heterocycles. The number of amides is 1. The van der Waals surface area contributed by atoms with Crippen LogP contribution < -0.4 is 5.32 Å². The van der Waals surface area contributed by atoms with Gasteiger partial charge in [-0.1, -0.05) is 24.4 Å². The van der Waals surface area contributed by atoms with Gasteiger partial charge in [-0.25, -0.2) is 8.78 Å². The summed E-state index contributed by atoms with van der Waals surface area (Å²) in [5, 5.41) is 10.5. The SMILES string of the molecule is O=C(NC(Cc1cc(-c2cc(F)cc(F)c2)n[nH]1)=NC1CCCC1)c1ccc(Cl)cc1. The number of rotatable bonds is 5. The number of carbonyl (C=O) groups is 1. The molecule has 1 aliphatic rings. The number of benzene rings is 2. The number of hydrogen-bond donors (Lipinski definition) is 2. The molecule has 0 spiro atoms. The second kappa shape index (κ2) is 9.39. The number of aromatic amines is 1. The molecule has 1 fully saturated rings. The molecule has 0 bridgehead atoms. The predicted octanol–water partition coefficient (Wildman–Crippen LogP) is 5.32. The smallest absolute Gasteiger partial charge is 0.256 e. The number of carbonyl (C=O) groups excluding carboxylic acids is 1. The molecule has 1 aliphatic carbocycles. The Hall–Kier alpha value is -3.06. The zero-order valence-corrected chi connectivity index (χ0v) is 17.4. The molecule has 8 heteroatoms. The quantitative estimate of drug-likeness (QED) is 0.414. The van der Waals surface area contributed by atoms with Gasteiger partial charge in [0.25, 0.3) is 5.91 Å². The highest BCUT2D eigenvalue weighted by Crippen LogP contribution is 2.23. The van der Waals surface area contributed by atoms with E-state index in [1.54, 1.807) is 30.3 Å². The number of halogens is 3. The minimum Gasteiger partial charge on any atom is -0.310 e. The number of hydrogen-bond acceptors (Lipinski definition) is 3. The molecule has 1 aromatic heterocycles. The van der Waals surface area contributed by atoms with Crippen LogP contribution in [0.15, 0.2) is 53.5 Å². The van der Waals surface area contributed by atoms with Gasteiger partial charge in [0.2, 0.25) is 0 Å². The summed E-state index contributed by atoms with van der Waals surface area (Å²) in [5.41, 5.74) is 1.90. The van der Waals surface area contributed by atoms with Crippen molar-refractivity contribution in [1.29, 1.82) is 0 Å². The van der Waals surface area contributed by atoms with Crippen LogP contribution in [0.4, 0.5) is 8.78 Å². The monoisotopic (exact) mass is 442 g/mol. The summed E-state index contributed by atoms with van der Waals surface area (Å²) in [6, 6.07) is 11.7. The second-order valence-electron chi connectivity index (χ2n) is 7.59. The number of nitrogens with one attached hydrogen (secondary N) is 2. The lowest BCUT2D eigenvalue weighted by Gasteiger charge is -2.11. The molecule has 1 saturated carbocycles. The summed E-state index contributed by atoms with van der Waals surface area (Å²) in [7, 11) is 0. The fourth-order valence-electron chi connectivity index (χ4n) is 3.66. The van der Waals surface area contributed by atoms with Crippen LogP contribution >= 0.6 is 11.6 Å². The standard InChI is InChI=1S/C23H21ClF2N4O/c24-16-7-5-14(6-8-16)23(31)28-22(27-19-3-1-2-4-19)13-20-12-21(30-29-20)15-9-17(25)11-18(26)10-15/h5-12,19H,1-4,13H2,(H,29,30)(H,27,28,31). The molecule has 0 unspecified atom stereocenters. The average molecular weight is 443 g/mol. The van der Waals surface area contributed by atoms with Gasteiger partial charge in [-0.2, -0.15) is 5.10 Å². The lowest BCUT2D eigenvalue weighted by atomic mass is 10.1. The zero-order chi connectivity index (χ0) is 21.8. The van der Waals surface area contributed by atoms with Gasteiger partial charge in [0, 0.05) is 34.3 Å². The van der Waals surface area contributed by atoms with Gasteiger partial charge in [0.05, 0.1) is 11.7 Å². The molecular formula is C23H21ClF2N4O. The Morgan fingerprint density at radius 3 is 2.45 bits per heavy atom. The van der Waals surface area contributed by atoms with Gasteiger partial charge in [0.15, 0.2) is 0 Å². The first-order chi connectivity index (χ1) is 15.0. The van der Waals surface area contributed by atoms with E-state index in [4.69, 9.17) is 16.6 Å². The molecule has 1 heterocycles. The highest BCUT2D eigenvalue weighted by atomic mass is 35.5. The minimum atomic E-state index is -0.668. The molecule has 0 radical (unpaired) electrons. The van der Waals surface area contributed by atoms with E-state index >= 15 is 0 Å². The lowest BCUT2D eigenvalue weighted by molar-refractivity contribution is 0.0976. The first-order valence-electron chi connectivity index (χ1n) is 10.1. The van der Waals surface area contributed by atoms with E-state index in [0.29, 0.717) is 39.8 Å². The first-order valence-corrected chi connectivity index (χ1v) is 10.5. The Morgan fingerprint density at radius 2 is 1.77 bits per heavy atom. The average Bonchev–Trinajstić information content (AvgIpc) is 3.40. The van der Waals surface area contributed by atoms with Crippen molar-refractivity contribution in [2.75, 3.05) is 0 Å². The zero-order valence-electron chi connectivity index (χ0n) is 16.7. The highest BCUT2D eigenvalue weighted by molar-refractivity contribution is 6.30. The largest absolute Gasteiger partial charge is 0.310 e. The molecule has 1 amide bonds. The minimum absolute atomic E-state index is 0.167. The third kappa shape index (κ3) is 5.55. The molecule has 0 saturated heterocycles. The summed E-state index contributed by atoms with van der Waals surface area (Å²) in [6.07, 6.45) is 4.51. The third-order valence-corrected chi connectivity index (χ3v) is 5.43. The van der Waals surface area contributed by atoms with E-state index in [1.807, 2.05) is 0 Å². The summed E-state index contributed by atoms with van der Waals surface area (Å²) in [5.74, 6) is -1.09. The van der Waals surface area contributed by atoms with E-state index < -0.39 is 11.6 Å². The second-order valence-corrected chi connectivity index (χ2v) is 8.02. The van der Waals surface area contributed by atoms with Crippen LogP contribution in [-0.4, -0.2) is 28.0 Å². The molecule has 3 aromatic rings. The molecule has 160 valence electrons. The van der Waals surface area contributed by atoms with Crippen LogP contribution in [-0.2, 0) is 6.42 Å². The Balaban J connectivity index is 1.54. The summed E-state index contributed by atoms with van der Waals surface area (Å²) < 4.78 is 27.1. The van der Waals surface area contributed by atoms with Crippen molar-refractivity contribution in [1.82, 2.24) is 15.5 Å². The Bertz CT molecular complexity index is 1080. The molecule has 0 atom stereocenters. The Kier molecular flexibility index (Phi) is 6.42. The maximum atomic E-state index is 13.5. The number of aromatic nitrogens is 2. The molecule has 2 N–H and O–H groups in total. The molecule has 31 heavy (non-hydrogen) atoms. The third-order valence-electron chi connectivity index (χ3n) is 5.17. The molecule has 5 nitrogen and oxygen atoms in total. The summed E-state index contributed by atoms with van der Waals surface area (Å²) in [4.78, 5) is 17.4. The van der Waals surface area contributed by atoms with Crippen LogP contribution in [0, 0.1) is 11.6 Å². The maximum Gasteiger partial charge on any atom is 0.256 e. The fourth-order valence-corrected chi connectivity index (χ4v) is 3.79. The Morgan fingerprint density at radius 1 is 1.10 bits per heavy atom. The normalized spacial score (nSPS) is 14.7. The topological polar surface area (TPSA) is 70.1 Å². The van der Waals surface area contributed by atoms with E-state index in [0.717, 1.165) is 31.7 Å². The summed E-state index contributed by atoms with van der Waals surface area (Å²) in [6.45, 7) is 0. The Labute approximate surface area is 183 Å². The van der Waals surface area contributed by atoms with Crippen molar-refractivity contribution in [3.05, 3.63) is 76.4 Å². The number of amidine groups is 1. The lowest BCUT2D eigenvalue weighted by Crippen LogP contribution is -2.33. The van der Waals surface area contributed by atoms with Crippen molar-refractivity contribution < 1.29 is 13.6 Å². The first kappa shape index (κ1) is 21.2. The van der Waals surface area contributed by atoms with Gasteiger partial charge in [-0.3, -0.25) is 14.9 Å². The predicted molar refractivity (Wildman–Crippen MR) is 116 cm³/mol. The van der Waals surface area contributed by atoms with Crippen LogP contribution in [0.1, 0.15) is 41.7 Å². The highest BCUT2D eigenvalue weighted by Gasteiger charge is 2.18. The number of H-pyrrole nitrogens is 1. The van der Waals surface area contributed by atoms with Crippen molar-refractivity contribution in [3.63, 3.8) is 0 Å². The van der Waals surface area contributed by atoms with Crippen LogP contribution in [0.5, 0.6) is 0 Å². The van der Waals surface area contributed by atoms with Gasteiger partial charge < -0.3 is 5.32 Å². The molecule has 4 rings (SSSR count). The van der Waals surface area contributed by atoms with Crippen LogP contribution in [0.3, 0.4) is 0 Å². The van der Waals surface area contributed by atoms with Crippen molar-refractivity contribution in [2.24, 2.45) is 4.99 Å². The van der Waals surface area contributed by atoms with E-state index in [2.05, 4.69) is 15.5 Å².